The van der Waals surface area contributed by atoms with Crippen LogP contribution in [0.15, 0.2) is 56.2 Å². The highest BCUT2D eigenvalue weighted by atomic mass is 19.1. The zero-order chi connectivity index (χ0) is 22.1. The van der Waals surface area contributed by atoms with Gasteiger partial charge < -0.3 is 9.97 Å². The molecule has 2 atom stereocenters. The summed E-state index contributed by atoms with van der Waals surface area (Å²) in [7, 11) is 0. The minimum atomic E-state index is -0.639. The fraction of sp³-hybridized carbons (Fsp3) is 0.375. The molecule has 6 nitrogen and oxygen atoms in total. The number of aromatic amines is 2. The molecule has 1 aromatic carbocycles. The van der Waals surface area contributed by atoms with Crippen LogP contribution in [-0.2, 0) is 0 Å². The lowest BCUT2D eigenvalue weighted by Gasteiger charge is -2.25. The molecule has 0 saturated carbocycles. The summed E-state index contributed by atoms with van der Waals surface area (Å²) in [4.78, 5) is 31.0. The molecule has 2 N–H and O–H groups in total. The highest BCUT2D eigenvalue weighted by molar-refractivity contribution is 6.04. The molecule has 0 unspecified atom stereocenters. The number of H-pyrrole nitrogens is 2. The highest BCUT2D eigenvalue weighted by Gasteiger charge is 2.21. The van der Waals surface area contributed by atoms with Crippen LogP contribution in [0.2, 0.25) is 0 Å². The van der Waals surface area contributed by atoms with Crippen LogP contribution in [0.25, 0.3) is 21.9 Å². The van der Waals surface area contributed by atoms with E-state index in [1.165, 1.54) is 23.3 Å². The van der Waals surface area contributed by atoms with Crippen LogP contribution >= 0.6 is 0 Å². The smallest absolute Gasteiger partial charge is 0.349 e. The zero-order valence-corrected chi connectivity index (χ0v) is 18.0. The number of fused-ring (bicyclic) bond motifs is 3. The number of benzene rings is 1. The van der Waals surface area contributed by atoms with Crippen molar-refractivity contribution in [3.8, 4) is 0 Å². The van der Waals surface area contributed by atoms with Crippen LogP contribution in [0.1, 0.15) is 46.5 Å². The van der Waals surface area contributed by atoms with Gasteiger partial charge in [0, 0.05) is 23.0 Å². The second kappa shape index (κ2) is 8.49. The standard InChI is InChI=1S/C24H27FN4O2/c1-14(2)5-4-6-16-7-8-17(15(3)11-16)13-26-29-23(30)22-21(28-24(29)31)19-12-18(25)9-10-20(19)27-22/h5,7,9-10,12-13,15,17,27H,4,6,8,11H2,1-3H3,(H,28,31)/b26-13-/t15-,17-/m0/s1. The van der Waals surface area contributed by atoms with Gasteiger partial charge in [-0.05, 0) is 63.6 Å². The van der Waals surface area contributed by atoms with E-state index in [0.29, 0.717) is 22.3 Å². The summed E-state index contributed by atoms with van der Waals surface area (Å²) < 4.78 is 14.4. The predicted octanol–water partition coefficient (Wildman–Crippen LogP) is 4.86. The van der Waals surface area contributed by atoms with Gasteiger partial charge in [0.05, 0.1) is 5.52 Å². The Morgan fingerprint density at radius 1 is 1.26 bits per heavy atom. The fourth-order valence-corrected chi connectivity index (χ4v) is 4.21. The van der Waals surface area contributed by atoms with Crippen molar-refractivity contribution < 1.29 is 4.39 Å². The summed E-state index contributed by atoms with van der Waals surface area (Å²) in [6.45, 7) is 6.39. The number of allylic oxidation sites excluding steroid dienone is 4. The van der Waals surface area contributed by atoms with Gasteiger partial charge in [0.15, 0.2) is 0 Å². The Labute approximate surface area is 179 Å². The minimum Gasteiger partial charge on any atom is -0.349 e. The van der Waals surface area contributed by atoms with Crippen molar-refractivity contribution in [1.29, 1.82) is 0 Å². The lowest BCUT2D eigenvalue weighted by atomic mass is 9.80. The van der Waals surface area contributed by atoms with Gasteiger partial charge in [-0.1, -0.05) is 30.2 Å². The normalized spacial score (nSPS) is 19.3. The van der Waals surface area contributed by atoms with E-state index in [4.69, 9.17) is 0 Å². The van der Waals surface area contributed by atoms with Crippen molar-refractivity contribution in [2.75, 3.05) is 0 Å². The molecule has 4 rings (SSSR count). The lowest BCUT2D eigenvalue weighted by molar-refractivity contribution is 0.429. The van der Waals surface area contributed by atoms with E-state index in [-0.39, 0.29) is 11.4 Å². The quantitative estimate of drug-likeness (QED) is 0.454. The van der Waals surface area contributed by atoms with Gasteiger partial charge in [0.2, 0.25) is 0 Å². The van der Waals surface area contributed by atoms with Crippen molar-refractivity contribution in [2.24, 2.45) is 16.9 Å². The molecule has 1 aliphatic rings. The maximum Gasteiger partial charge on any atom is 0.350 e. The summed E-state index contributed by atoms with van der Waals surface area (Å²) in [6, 6.07) is 4.14. The predicted molar refractivity (Wildman–Crippen MR) is 123 cm³/mol. The molecule has 0 bridgehead atoms. The maximum absolute atomic E-state index is 13.6. The van der Waals surface area contributed by atoms with Gasteiger partial charge in [-0.25, -0.2) is 9.18 Å². The topological polar surface area (TPSA) is 83.0 Å². The summed E-state index contributed by atoms with van der Waals surface area (Å²) in [5, 5.41) is 4.70. The Kier molecular flexibility index (Phi) is 5.76. The Morgan fingerprint density at radius 3 is 2.81 bits per heavy atom. The Hall–Kier alpha value is -3.22. The van der Waals surface area contributed by atoms with Crippen LogP contribution in [0.3, 0.4) is 0 Å². The molecule has 2 heterocycles. The molecule has 162 valence electrons. The summed E-state index contributed by atoms with van der Waals surface area (Å²) in [5.74, 6) is 0.104. The minimum absolute atomic E-state index is 0.158. The average Bonchev–Trinajstić information content (AvgIpc) is 3.07. The molecule has 2 aromatic heterocycles. The number of nitrogens with one attached hydrogen (secondary N) is 2. The maximum atomic E-state index is 13.6. The Balaban J connectivity index is 1.59. The molecule has 31 heavy (non-hydrogen) atoms. The van der Waals surface area contributed by atoms with Crippen molar-refractivity contribution in [1.82, 2.24) is 14.6 Å². The van der Waals surface area contributed by atoms with E-state index >= 15 is 0 Å². The highest BCUT2D eigenvalue weighted by Crippen LogP contribution is 2.30. The van der Waals surface area contributed by atoms with E-state index in [0.717, 1.165) is 30.4 Å². The molecule has 3 aromatic rings. The van der Waals surface area contributed by atoms with Gasteiger partial charge >= 0.3 is 11.2 Å². The van der Waals surface area contributed by atoms with Gasteiger partial charge in [0.1, 0.15) is 11.3 Å². The summed E-state index contributed by atoms with van der Waals surface area (Å²) >= 11 is 0. The van der Waals surface area contributed by atoms with E-state index in [2.05, 4.69) is 48.0 Å². The number of nitrogens with zero attached hydrogens (tertiary/aromatic N) is 2. The second-order valence-electron chi connectivity index (χ2n) is 8.64. The first-order chi connectivity index (χ1) is 14.8. The van der Waals surface area contributed by atoms with Crippen molar-refractivity contribution in [2.45, 2.75) is 46.5 Å². The molecule has 0 spiro atoms. The van der Waals surface area contributed by atoms with Crippen molar-refractivity contribution in [3.63, 3.8) is 0 Å². The van der Waals surface area contributed by atoms with Crippen molar-refractivity contribution >= 4 is 28.2 Å². The molecule has 0 radical (unpaired) electrons. The number of hydrogen-bond acceptors (Lipinski definition) is 3. The van der Waals surface area contributed by atoms with Crippen LogP contribution in [0, 0.1) is 17.7 Å². The largest absolute Gasteiger partial charge is 0.350 e. The third-order valence-electron chi connectivity index (χ3n) is 5.98. The van der Waals surface area contributed by atoms with E-state index in [9.17, 15) is 14.0 Å². The number of aromatic nitrogens is 3. The number of halogens is 1. The molecule has 0 saturated heterocycles. The SMILES string of the molecule is CC(C)=CCCC1=CC[C@@H](/C=N\n2c(=O)[nH]c3c([nH]c4ccc(F)cc43)c2=O)[C@@H](C)C1. The summed E-state index contributed by atoms with van der Waals surface area (Å²) in [5.41, 5.74) is 2.69. The Bertz CT molecular complexity index is 1340. The van der Waals surface area contributed by atoms with Crippen LogP contribution in [0.5, 0.6) is 0 Å². The molecule has 0 aliphatic heterocycles. The number of rotatable bonds is 5. The van der Waals surface area contributed by atoms with E-state index in [1.54, 1.807) is 12.3 Å². The molecule has 7 heteroatoms. The average molecular weight is 423 g/mol. The van der Waals surface area contributed by atoms with Crippen LogP contribution in [0.4, 0.5) is 4.39 Å². The molecule has 1 aliphatic carbocycles. The van der Waals surface area contributed by atoms with Crippen LogP contribution < -0.4 is 11.2 Å². The van der Waals surface area contributed by atoms with Crippen molar-refractivity contribution in [3.05, 3.63) is 68.2 Å². The first kappa shape index (κ1) is 21.0. The lowest BCUT2D eigenvalue weighted by Crippen LogP contribution is -2.32. The first-order valence-corrected chi connectivity index (χ1v) is 10.7. The zero-order valence-electron chi connectivity index (χ0n) is 18.0. The molecule has 0 amide bonds. The number of hydrogen-bond donors (Lipinski definition) is 2. The Morgan fingerprint density at radius 2 is 2.06 bits per heavy atom. The second-order valence-corrected chi connectivity index (χ2v) is 8.64. The van der Waals surface area contributed by atoms with Gasteiger partial charge in [-0.15, -0.1) is 4.68 Å². The van der Waals surface area contributed by atoms with Gasteiger partial charge in [0.25, 0.3) is 0 Å². The third kappa shape index (κ3) is 4.31. The van der Waals surface area contributed by atoms with E-state index in [1.807, 2.05) is 0 Å². The first-order valence-electron chi connectivity index (χ1n) is 10.7. The third-order valence-corrected chi connectivity index (χ3v) is 5.98. The molecule has 0 fully saturated rings. The fourth-order valence-electron chi connectivity index (χ4n) is 4.21. The monoisotopic (exact) mass is 422 g/mol. The van der Waals surface area contributed by atoms with E-state index < -0.39 is 17.1 Å². The summed E-state index contributed by atoms with van der Waals surface area (Å²) in [6.07, 6.45) is 10.2. The molecular weight excluding hydrogens is 395 g/mol. The van der Waals surface area contributed by atoms with Crippen LogP contribution in [-0.4, -0.2) is 20.9 Å². The van der Waals surface area contributed by atoms with Gasteiger partial charge in [-0.2, -0.15) is 5.10 Å². The van der Waals surface area contributed by atoms with Gasteiger partial charge in [-0.3, -0.25) is 4.79 Å². The molecular formula is C24H27FN4O2.